The van der Waals surface area contributed by atoms with E-state index < -0.39 is 5.41 Å². The monoisotopic (exact) mass is 248 g/mol. The maximum absolute atomic E-state index is 12.4. The van der Waals surface area contributed by atoms with Crippen molar-refractivity contribution in [2.75, 3.05) is 31.0 Å². The summed E-state index contributed by atoms with van der Waals surface area (Å²) in [4.78, 5) is 12.4. The summed E-state index contributed by atoms with van der Waals surface area (Å²) in [5, 5.41) is 6.33. The Balaban J connectivity index is 2.08. The van der Waals surface area contributed by atoms with Crippen molar-refractivity contribution in [2.24, 2.45) is 5.41 Å². The average molecular weight is 248 g/mol. The molecule has 2 N–H and O–H groups in total. The van der Waals surface area contributed by atoms with E-state index >= 15 is 0 Å². The zero-order chi connectivity index (χ0) is 12.8. The van der Waals surface area contributed by atoms with E-state index in [0.717, 1.165) is 5.69 Å². The van der Waals surface area contributed by atoms with Crippen molar-refractivity contribution in [1.29, 1.82) is 0 Å². The molecular formula is C13H16N2O3. The number of nitrogens with one attached hydrogen (secondary N) is 2. The van der Waals surface area contributed by atoms with E-state index in [0.29, 0.717) is 24.7 Å². The SMILES string of the molecule is COc1cccc2c1NC(=O)C1(C)COCC1N2. The van der Waals surface area contributed by atoms with Gasteiger partial charge in [-0.05, 0) is 19.1 Å². The largest absolute Gasteiger partial charge is 0.494 e. The van der Waals surface area contributed by atoms with E-state index in [1.807, 2.05) is 25.1 Å². The lowest BCUT2D eigenvalue weighted by Gasteiger charge is -2.25. The Labute approximate surface area is 105 Å². The molecule has 1 amide bonds. The van der Waals surface area contributed by atoms with Crippen molar-refractivity contribution in [3.8, 4) is 5.75 Å². The minimum atomic E-state index is -0.538. The molecule has 2 heterocycles. The summed E-state index contributed by atoms with van der Waals surface area (Å²) >= 11 is 0. The van der Waals surface area contributed by atoms with Crippen LogP contribution in [-0.2, 0) is 9.53 Å². The van der Waals surface area contributed by atoms with Crippen molar-refractivity contribution in [1.82, 2.24) is 0 Å². The normalized spacial score (nSPS) is 29.7. The van der Waals surface area contributed by atoms with Gasteiger partial charge in [0.05, 0.1) is 37.5 Å². The fourth-order valence-corrected chi connectivity index (χ4v) is 2.49. The molecule has 18 heavy (non-hydrogen) atoms. The molecule has 5 nitrogen and oxygen atoms in total. The number of amides is 1. The third-order valence-corrected chi connectivity index (χ3v) is 3.79. The van der Waals surface area contributed by atoms with Gasteiger partial charge in [0.2, 0.25) is 5.91 Å². The van der Waals surface area contributed by atoms with Gasteiger partial charge in [-0.25, -0.2) is 0 Å². The van der Waals surface area contributed by atoms with Crippen LogP contribution in [0.15, 0.2) is 18.2 Å². The van der Waals surface area contributed by atoms with Gasteiger partial charge in [0.25, 0.3) is 0 Å². The van der Waals surface area contributed by atoms with E-state index in [9.17, 15) is 4.79 Å². The number of hydrogen-bond donors (Lipinski definition) is 2. The maximum atomic E-state index is 12.4. The summed E-state index contributed by atoms with van der Waals surface area (Å²) < 4.78 is 10.7. The van der Waals surface area contributed by atoms with Crippen LogP contribution in [-0.4, -0.2) is 32.3 Å². The number of benzene rings is 1. The number of methoxy groups -OCH3 is 1. The van der Waals surface area contributed by atoms with Crippen LogP contribution in [0.4, 0.5) is 11.4 Å². The highest BCUT2D eigenvalue weighted by molar-refractivity contribution is 6.02. The Bertz CT molecular complexity index is 503. The van der Waals surface area contributed by atoms with Gasteiger partial charge in [-0.1, -0.05) is 6.07 Å². The Morgan fingerprint density at radius 1 is 1.50 bits per heavy atom. The molecular weight excluding hydrogens is 232 g/mol. The van der Waals surface area contributed by atoms with Gasteiger partial charge < -0.3 is 20.1 Å². The Morgan fingerprint density at radius 2 is 2.33 bits per heavy atom. The predicted molar refractivity (Wildman–Crippen MR) is 68.0 cm³/mol. The number of para-hydroxylation sites is 1. The second-order valence-electron chi connectivity index (χ2n) is 4.97. The number of fused-ring (bicyclic) bond motifs is 2. The standard InChI is InChI=1S/C13H16N2O3/c1-13-7-18-6-10(13)14-8-4-3-5-9(17-2)11(8)15-12(13)16/h3-5,10,14H,6-7H2,1-2H3,(H,15,16). The molecule has 2 atom stereocenters. The van der Waals surface area contributed by atoms with Gasteiger partial charge in [-0.15, -0.1) is 0 Å². The maximum Gasteiger partial charge on any atom is 0.234 e. The predicted octanol–water partition coefficient (Wildman–Crippen LogP) is 1.46. The second-order valence-corrected chi connectivity index (χ2v) is 4.97. The molecule has 1 aromatic rings. The number of carbonyl (C=O) groups excluding carboxylic acids is 1. The molecule has 96 valence electrons. The van der Waals surface area contributed by atoms with E-state index in [-0.39, 0.29) is 11.9 Å². The van der Waals surface area contributed by atoms with E-state index in [4.69, 9.17) is 9.47 Å². The van der Waals surface area contributed by atoms with Gasteiger partial charge in [0.15, 0.2) is 0 Å². The average Bonchev–Trinajstić information content (AvgIpc) is 2.69. The number of carbonyl (C=O) groups is 1. The zero-order valence-corrected chi connectivity index (χ0v) is 10.4. The summed E-state index contributed by atoms with van der Waals surface area (Å²) in [5.41, 5.74) is 1.05. The van der Waals surface area contributed by atoms with Crippen molar-refractivity contribution >= 4 is 17.3 Å². The molecule has 0 radical (unpaired) electrons. The molecule has 2 aliphatic heterocycles. The molecule has 1 fully saturated rings. The quantitative estimate of drug-likeness (QED) is 0.790. The minimum absolute atomic E-state index is 0.00847. The first-order chi connectivity index (χ1) is 8.65. The van der Waals surface area contributed by atoms with Crippen LogP contribution < -0.4 is 15.4 Å². The van der Waals surface area contributed by atoms with Crippen molar-refractivity contribution in [3.63, 3.8) is 0 Å². The summed E-state index contributed by atoms with van der Waals surface area (Å²) in [6.07, 6.45) is 0. The van der Waals surface area contributed by atoms with Crippen LogP contribution in [0.25, 0.3) is 0 Å². The van der Waals surface area contributed by atoms with Crippen LogP contribution in [0.2, 0.25) is 0 Å². The van der Waals surface area contributed by atoms with Gasteiger partial charge in [-0.2, -0.15) is 0 Å². The van der Waals surface area contributed by atoms with Gasteiger partial charge in [-0.3, -0.25) is 4.79 Å². The topological polar surface area (TPSA) is 59.6 Å². The van der Waals surface area contributed by atoms with Crippen molar-refractivity contribution < 1.29 is 14.3 Å². The van der Waals surface area contributed by atoms with Gasteiger partial charge in [0.1, 0.15) is 11.4 Å². The number of anilines is 2. The van der Waals surface area contributed by atoms with E-state index in [1.165, 1.54) is 0 Å². The molecule has 0 saturated carbocycles. The molecule has 1 saturated heterocycles. The molecule has 5 heteroatoms. The highest BCUT2D eigenvalue weighted by atomic mass is 16.5. The molecule has 2 aliphatic rings. The molecule has 0 aliphatic carbocycles. The second kappa shape index (κ2) is 3.88. The lowest BCUT2D eigenvalue weighted by Crippen LogP contribution is -2.44. The molecule has 1 aromatic carbocycles. The van der Waals surface area contributed by atoms with Crippen molar-refractivity contribution in [3.05, 3.63) is 18.2 Å². The minimum Gasteiger partial charge on any atom is -0.494 e. The van der Waals surface area contributed by atoms with Crippen LogP contribution >= 0.6 is 0 Å². The summed E-state index contributed by atoms with van der Waals surface area (Å²) in [7, 11) is 1.60. The number of rotatable bonds is 1. The zero-order valence-electron chi connectivity index (χ0n) is 10.4. The summed E-state index contributed by atoms with van der Waals surface area (Å²) in [6, 6.07) is 5.66. The van der Waals surface area contributed by atoms with Crippen LogP contribution in [0.1, 0.15) is 6.92 Å². The fourth-order valence-electron chi connectivity index (χ4n) is 2.49. The summed E-state index contributed by atoms with van der Waals surface area (Å²) in [5.74, 6) is 0.638. The number of ether oxygens (including phenoxy) is 2. The Morgan fingerprint density at radius 3 is 3.11 bits per heavy atom. The number of hydrogen-bond acceptors (Lipinski definition) is 4. The highest BCUT2D eigenvalue weighted by Gasteiger charge is 2.48. The first-order valence-electron chi connectivity index (χ1n) is 5.98. The molecule has 3 rings (SSSR count). The fraction of sp³-hybridized carbons (Fsp3) is 0.462. The van der Waals surface area contributed by atoms with E-state index in [2.05, 4.69) is 10.6 Å². The van der Waals surface area contributed by atoms with Crippen LogP contribution in [0, 0.1) is 5.41 Å². The van der Waals surface area contributed by atoms with E-state index in [1.54, 1.807) is 7.11 Å². The smallest absolute Gasteiger partial charge is 0.234 e. The third-order valence-electron chi connectivity index (χ3n) is 3.79. The Hall–Kier alpha value is -1.75. The Kier molecular flexibility index (Phi) is 2.45. The third kappa shape index (κ3) is 1.47. The first-order valence-corrected chi connectivity index (χ1v) is 5.98. The molecule has 0 spiro atoms. The van der Waals surface area contributed by atoms with Crippen LogP contribution in [0.3, 0.4) is 0 Å². The van der Waals surface area contributed by atoms with Crippen molar-refractivity contribution in [2.45, 2.75) is 13.0 Å². The molecule has 0 aromatic heterocycles. The first kappa shape index (κ1) is 11.3. The van der Waals surface area contributed by atoms with Gasteiger partial charge in [0, 0.05) is 0 Å². The molecule has 2 unspecified atom stereocenters. The lowest BCUT2D eigenvalue weighted by molar-refractivity contribution is -0.124. The van der Waals surface area contributed by atoms with Crippen LogP contribution in [0.5, 0.6) is 5.75 Å². The molecule has 0 bridgehead atoms. The highest BCUT2D eigenvalue weighted by Crippen LogP contribution is 2.41. The van der Waals surface area contributed by atoms with Gasteiger partial charge >= 0.3 is 0 Å². The lowest BCUT2D eigenvalue weighted by atomic mass is 9.84. The summed E-state index contributed by atoms with van der Waals surface area (Å²) in [6.45, 7) is 2.90.